The Kier molecular flexibility index (Phi) is 16.9. The van der Waals surface area contributed by atoms with E-state index in [1.54, 1.807) is 44.1 Å². The normalized spacial score (nSPS) is 11.6. The van der Waals surface area contributed by atoms with Crippen LogP contribution in [-0.4, -0.2) is 107 Å². The predicted octanol–water partition coefficient (Wildman–Crippen LogP) is 4.51. The van der Waals surface area contributed by atoms with E-state index < -0.39 is 17.9 Å². The summed E-state index contributed by atoms with van der Waals surface area (Å²) >= 11 is 0. The number of carbonyl (C=O) groups is 5. The van der Waals surface area contributed by atoms with Crippen molar-refractivity contribution in [2.24, 2.45) is 17.2 Å². The zero-order valence-electron chi connectivity index (χ0n) is 40.4. The van der Waals surface area contributed by atoms with E-state index in [1.807, 2.05) is 93.8 Å². The number of nitrogens with two attached hydrogens (primary N) is 3. The number of nitrogens with one attached hydrogen (secondary N) is 2. The van der Waals surface area contributed by atoms with Gasteiger partial charge < -0.3 is 40.7 Å². The fraction of sp³-hybridized carbons (Fsp3) is 0.327. The number of aromatic nitrogens is 8. The number of primary amides is 2. The highest BCUT2D eigenvalue weighted by Gasteiger charge is 2.24. The molecule has 0 radical (unpaired) electrons. The third kappa shape index (κ3) is 11.8. The molecule has 4 aromatic heterocycles. The number of rotatable bonds is 20. The minimum atomic E-state index is -0.670. The second-order valence-electron chi connectivity index (χ2n) is 16.4. The van der Waals surface area contributed by atoms with Gasteiger partial charge in [-0.05, 0) is 95.0 Å². The first-order chi connectivity index (χ1) is 33.6. The molecule has 0 aliphatic carbocycles. The van der Waals surface area contributed by atoms with Crippen molar-refractivity contribution >= 4 is 64.0 Å². The summed E-state index contributed by atoms with van der Waals surface area (Å²) in [6.45, 7) is 11.5. The molecule has 1 unspecified atom stereocenters. The number of hydrogen-bond donors (Lipinski definition) is 5. The summed E-state index contributed by atoms with van der Waals surface area (Å²) in [5, 5.41) is 14.8. The van der Waals surface area contributed by atoms with E-state index in [-0.39, 0.29) is 55.4 Å². The third-order valence-electron chi connectivity index (χ3n) is 11.2. The zero-order valence-corrected chi connectivity index (χ0v) is 40.4. The van der Waals surface area contributed by atoms with Crippen molar-refractivity contribution in [2.45, 2.75) is 79.7 Å². The first-order valence-corrected chi connectivity index (χ1v) is 22.7. The Bertz CT molecular complexity index is 3040. The fourth-order valence-electron chi connectivity index (χ4n) is 8.01. The number of aryl methyl sites for hydroxylation is 5. The first kappa shape index (κ1) is 51.1. The van der Waals surface area contributed by atoms with Gasteiger partial charge in [0, 0.05) is 45.3 Å². The van der Waals surface area contributed by atoms with Crippen LogP contribution in [0.2, 0.25) is 0 Å². The van der Waals surface area contributed by atoms with Crippen LogP contribution in [0.25, 0.3) is 22.1 Å². The molecule has 7 rings (SSSR count). The minimum Gasteiger partial charge on any atom is -0.494 e. The molecule has 0 spiro atoms. The Morgan fingerprint density at radius 3 is 1.83 bits per heavy atom. The first-order valence-electron chi connectivity index (χ1n) is 22.7. The molecule has 8 N–H and O–H groups in total. The number of carbonyl (C=O) groups excluding carboxylic acids is 5. The van der Waals surface area contributed by atoms with Crippen LogP contribution in [0.5, 0.6) is 11.5 Å². The smallest absolute Gasteiger partial charge is 0.276 e. The van der Waals surface area contributed by atoms with Gasteiger partial charge in [-0.15, -0.1) is 0 Å². The molecule has 0 saturated heterocycles. The number of methoxy groups -OCH3 is 1. The molecular weight excluding hydrogens is 897 g/mol. The molecule has 0 fully saturated rings. The number of likely N-dealkylation sites (N-methyl/N-ethyl adjacent to an activating group) is 1. The molecule has 70 heavy (non-hydrogen) atoms. The summed E-state index contributed by atoms with van der Waals surface area (Å²) in [4.78, 5) is 72.8. The third-order valence-corrected chi connectivity index (χ3v) is 11.2. The maximum absolute atomic E-state index is 13.9. The number of hydrogen-bond acceptors (Lipinski definition) is 12. The molecule has 21 heteroatoms. The van der Waals surface area contributed by atoms with Gasteiger partial charge in [0.15, 0.2) is 0 Å². The molecule has 368 valence electrons. The Hall–Kier alpha value is -8.33. The summed E-state index contributed by atoms with van der Waals surface area (Å²) in [6.07, 6.45) is 5.00. The van der Waals surface area contributed by atoms with E-state index >= 15 is 0 Å². The number of imidazole rings is 2. The van der Waals surface area contributed by atoms with Crippen molar-refractivity contribution in [1.82, 2.24) is 43.6 Å². The summed E-state index contributed by atoms with van der Waals surface area (Å²) in [6, 6.07) is 19.4. The van der Waals surface area contributed by atoms with Gasteiger partial charge in [-0.3, -0.25) is 44.0 Å². The predicted molar refractivity (Wildman–Crippen MR) is 266 cm³/mol. The van der Waals surface area contributed by atoms with Crippen molar-refractivity contribution in [3.05, 3.63) is 118 Å². The number of amides is 5. The number of ether oxygens (including phenoxy) is 2. The molecule has 0 aliphatic heterocycles. The Morgan fingerprint density at radius 1 is 0.786 bits per heavy atom. The quantitative estimate of drug-likeness (QED) is 0.0401. The molecular formula is C49H60N14O7. The Labute approximate surface area is 404 Å². The van der Waals surface area contributed by atoms with Gasteiger partial charge in [0.2, 0.25) is 30.1 Å². The van der Waals surface area contributed by atoms with Crippen LogP contribution in [0.15, 0.2) is 78.9 Å². The topological polar surface area (TPSA) is 280 Å². The highest BCUT2D eigenvalue weighted by Crippen LogP contribution is 2.33. The van der Waals surface area contributed by atoms with Crippen LogP contribution < -0.4 is 37.3 Å². The minimum absolute atomic E-state index is 0.155. The van der Waals surface area contributed by atoms with Crippen LogP contribution in [0, 0.1) is 20.8 Å². The maximum atomic E-state index is 13.9. The highest BCUT2D eigenvalue weighted by molar-refractivity contribution is 6.05. The molecule has 5 amide bonds. The van der Waals surface area contributed by atoms with E-state index in [4.69, 9.17) is 35.7 Å². The van der Waals surface area contributed by atoms with Crippen LogP contribution in [-0.2, 0) is 42.2 Å². The Morgan fingerprint density at radius 2 is 1.31 bits per heavy atom. The van der Waals surface area contributed by atoms with Crippen molar-refractivity contribution < 1.29 is 33.4 Å². The van der Waals surface area contributed by atoms with Crippen molar-refractivity contribution in [1.29, 1.82) is 0 Å². The number of fused-ring (bicyclic) bond motifs is 2. The van der Waals surface area contributed by atoms with Crippen LogP contribution in [0.4, 0.5) is 11.9 Å². The van der Waals surface area contributed by atoms with Gasteiger partial charge >= 0.3 is 0 Å². The molecule has 21 nitrogen and oxygen atoms in total. The van der Waals surface area contributed by atoms with Crippen molar-refractivity contribution in [2.75, 3.05) is 37.9 Å². The summed E-state index contributed by atoms with van der Waals surface area (Å²) in [7, 11) is 3.21. The largest absolute Gasteiger partial charge is 0.494 e. The number of anilines is 2. The number of benzene rings is 3. The van der Waals surface area contributed by atoms with E-state index in [2.05, 4.69) is 26.6 Å². The van der Waals surface area contributed by atoms with E-state index in [0.29, 0.717) is 88.8 Å². The molecule has 1 atom stereocenters. The second-order valence-corrected chi connectivity index (χ2v) is 16.4. The van der Waals surface area contributed by atoms with Crippen LogP contribution >= 0.6 is 0 Å². The summed E-state index contributed by atoms with van der Waals surface area (Å²) < 4.78 is 19.1. The van der Waals surface area contributed by atoms with Crippen molar-refractivity contribution in [3.63, 3.8) is 0 Å². The molecule has 0 aliphatic rings. The molecule has 0 saturated carbocycles. The lowest BCUT2D eigenvalue weighted by Crippen LogP contribution is -2.43. The lowest BCUT2D eigenvalue weighted by molar-refractivity contribution is -0.131. The van der Waals surface area contributed by atoms with E-state index in [9.17, 15) is 19.2 Å². The zero-order chi connectivity index (χ0) is 50.6. The standard InChI is InChI=1S/C48H57N13O6.CH3NO/c1-8-60-37(24-30(4)55-60)44(63)53-47-51-35-22-29(3)23-40(67-21-15-18-57(6)46(65)34(49)26-32-16-11-10-12-17-32)42(35)59(47)20-14-13-19-58-41-36(27-33(43(50)62)28-39(41)66-7)52-48(58)54-45(64)38-25-31(5)56-61(38)9-2;2-1-3/h10-14,16-17,22-25,27-28,34H,8-9,15,18-21,26,49H2,1-7H3,(H2,50,62)(H,51,53,63)(H,52,54,64);1H,(H2,2,3)/b14-13+;. The lowest BCUT2D eigenvalue weighted by Gasteiger charge is -2.21. The molecule has 0 bridgehead atoms. The van der Waals surface area contributed by atoms with Gasteiger partial charge in [-0.25, -0.2) is 9.97 Å². The number of nitrogens with zero attached hydrogens (tertiary/aromatic N) is 9. The van der Waals surface area contributed by atoms with E-state index in [0.717, 1.165) is 11.1 Å². The summed E-state index contributed by atoms with van der Waals surface area (Å²) in [5.41, 5.74) is 22.5. The van der Waals surface area contributed by atoms with Crippen molar-refractivity contribution in [3.8, 4) is 11.5 Å². The average Bonchev–Trinajstić information content (AvgIpc) is 4.10. The van der Waals surface area contributed by atoms with E-state index in [1.165, 1.54) is 13.2 Å². The van der Waals surface area contributed by atoms with Gasteiger partial charge in [-0.1, -0.05) is 42.5 Å². The van der Waals surface area contributed by atoms with Gasteiger partial charge in [-0.2, -0.15) is 10.2 Å². The lowest BCUT2D eigenvalue weighted by atomic mass is 10.1. The molecule has 3 aromatic carbocycles. The van der Waals surface area contributed by atoms with Crippen LogP contribution in [0.1, 0.15) is 74.1 Å². The van der Waals surface area contributed by atoms with Gasteiger partial charge in [0.05, 0.1) is 42.2 Å². The van der Waals surface area contributed by atoms with Crippen LogP contribution in [0.3, 0.4) is 0 Å². The average molecular weight is 957 g/mol. The molecule has 4 heterocycles. The fourth-order valence-corrected chi connectivity index (χ4v) is 8.01. The maximum Gasteiger partial charge on any atom is 0.276 e. The molecule has 7 aromatic rings. The second kappa shape index (κ2) is 23.1. The van der Waals surface area contributed by atoms with Gasteiger partial charge in [0.1, 0.15) is 33.9 Å². The van der Waals surface area contributed by atoms with Gasteiger partial charge in [0.25, 0.3) is 11.8 Å². The highest BCUT2D eigenvalue weighted by atomic mass is 16.5. The SMILES string of the molecule is CCn1nc(C)cc1C(=O)Nc1nc2cc(C(N)=O)cc(OC)c2n1C/C=C/Cn1c(NC(=O)c2cc(C)nn2CC)nc2cc(C)cc(OCCCN(C)C(=O)C(N)Cc3ccccc3)c21.NC=O. The monoisotopic (exact) mass is 956 g/mol. The summed E-state index contributed by atoms with van der Waals surface area (Å²) in [5.74, 6) is -0.261. The number of allylic oxidation sites excluding steroid dienone is 2. The Balaban J connectivity index is 0.00000261.